The summed E-state index contributed by atoms with van der Waals surface area (Å²) >= 11 is 3.65. The third-order valence-electron chi connectivity index (χ3n) is 3.46. The Bertz CT molecular complexity index is 400. The van der Waals surface area contributed by atoms with Gasteiger partial charge in [-0.2, -0.15) is 0 Å². The molecule has 0 fully saturated rings. The van der Waals surface area contributed by atoms with Crippen LogP contribution in [0.4, 0.5) is 0 Å². The summed E-state index contributed by atoms with van der Waals surface area (Å²) in [5.74, 6) is 0.572. The summed E-state index contributed by atoms with van der Waals surface area (Å²) < 4.78 is 6.64. The molecule has 1 aromatic rings. The van der Waals surface area contributed by atoms with Gasteiger partial charge in [-0.1, -0.05) is 34.1 Å². The number of hydrogen-bond donors (Lipinski definition) is 1. The summed E-state index contributed by atoms with van der Waals surface area (Å²) in [6, 6.07) is 8.48. The van der Waals surface area contributed by atoms with E-state index in [1.165, 1.54) is 10.0 Å². The first-order valence-corrected chi connectivity index (χ1v) is 8.12. The van der Waals surface area contributed by atoms with Crippen LogP contribution in [-0.2, 0) is 11.2 Å². The standard InChI is InChI=1S/C17H28BrNO/c1-13(20-5)10-14(12-19-17(2,3)4)11-15-8-6-7-9-16(15)18/h6-9,13-14,19H,10-12H2,1-5H3. The van der Waals surface area contributed by atoms with Crippen LogP contribution in [-0.4, -0.2) is 25.3 Å². The molecule has 3 heteroatoms. The van der Waals surface area contributed by atoms with Crippen LogP contribution in [0, 0.1) is 5.92 Å². The third kappa shape index (κ3) is 6.87. The van der Waals surface area contributed by atoms with Crippen molar-refractivity contribution in [1.82, 2.24) is 5.32 Å². The van der Waals surface area contributed by atoms with Crippen LogP contribution in [0.25, 0.3) is 0 Å². The van der Waals surface area contributed by atoms with Gasteiger partial charge in [0.05, 0.1) is 6.10 Å². The molecule has 114 valence electrons. The summed E-state index contributed by atoms with van der Waals surface area (Å²) in [6.07, 6.45) is 2.43. The second-order valence-electron chi connectivity index (χ2n) is 6.57. The zero-order chi connectivity index (χ0) is 15.2. The fourth-order valence-electron chi connectivity index (χ4n) is 2.23. The topological polar surface area (TPSA) is 21.3 Å². The van der Waals surface area contributed by atoms with Crippen molar-refractivity contribution in [2.45, 2.75) is 52.2 Å². The summed E-state index contributed by atoms with van der Waals surface area (Å²) in [7, 11) is 1.79. The normalized spacial score (nSPS) is 15.1. The summed E-state index contributed by atoms with van der Waals surface area (Å²) in [5, 5.41) is 3.62. The lowest BCUT2D eigenvalue weighted by molar-refractivity contribution is 0.0934. The van der Waals surface area contributed by atoms with E-state index in [4.69, 9.17) is 4.74 Å². The van der Waals surface area contributed by atoms with Gasteiger partial charge in [0.2, 0.25) is 0 Å². The SMILES string of the molecule is COC(C)CC(CNC(C)(C)C)Cc1ccccc1Br. The van der Waals surface area contributed by atoms with Gasteiger partial charge in [-0.15, -0.1) is 0 Å². The van der Waals surface area contributed by atoms with Gasteiger partial charge in [-0.05, 0) is 64.6 Å². The zero-order valence-electron chi connectivity index (χ0n) is 13.4. The maximum absolute atomic E-state index is 5.44. The molecule has 2 atom stereocenters. The van der Waals surface area contributed by atoms with E-state index >= 15 is 0 Å². The molecule has 0 aromatic heterocycles. The van der Waals surface area contributed by atoms with Crippen molar-refractivity contribution < 1.29 is 4.74 Å². The first-order chi connectivity index (χ1) is 9.31. The number of benzene rings is 1. The minimum absolute atomic E-state index is 0.155. The molecular formula is C17H28BrNO. The molecule has 0 aliphatic rings. The molecule has 0 saturated heterocycles. The van der Waals surface area contributed by atoms with Crippen molar-refractivity contribution in [3.8, 4) is 0 Å². The average Bonchev–Trinajstić information content (AvgIpc) is 2.37. The quantitative estimate of drug-likeness (QED) is 0.792. The Labute approximate surface area is 132 Å². The highest BCUT2D eigenvalue weighted by Gasteiger charge is 2.18. The summed E-state index contributed by atoms with van der Waals surface area (Å²) in [6.45, 7) is 9.79. The van der Waals surface area contributed by atoms with E-state index < -0.39 is 0 Å². The fourth-order valence-corrected chi connectivity index (χ4v) is 2.68. The molecule has 0 bridgehead atoms. The average molecular weight is 342 g/mol. The van der Waals surface area contributed by atoms with E-state index in [0.717, 1.165) is 19.4 Å². The molecule has 0 aliphatic heterocycles. The molecule has 2 nitrogen and oxygen atoms in total. The van der Waals surface area contributed by atoms with Gasteiger partial charge in [-0.3, -0.25) is 0 Å². The highest BCUT2D eigenvalue weighted by Crippen LogP contribution is 2.22. The fraction of sp³-hybridized carbons (Fsp3) is 0.647. The highest BCUT2D eigenvalue weighted by molar-refractivity contribution is 9.10. The number of nitrogens with one attached hydrogen (secondary N) is 1. The van der Waals surface area contributed by atoms with E-state index in [2.05, 4.69) is 73.2 Å². The molecule has 0 radical (unpaired) electrons. The van der Waals surface area contributed by atoms with Crippen LogP contribution in [0.2, 0.25) is 0 Å². The van der Waals surface area contributed by atoms with Crippen LogP contribution in [0.5, 0.6) is 0 Å². The molecule has 1 N–H and O–H groups in total. The number of methoxy groups -OCH3 is 1. The maximum atomic E-state index is 5.44. The summed E-state index contributed by atoms with van der Waals surface area (Å²) in [4.78, 5) is 0. The molecule has 1 aromatic carbocycles. The second-order valence-corrected chi connectivity index (χ2v) is 7.43. The Morgan fingerprint density at radius 3 is 2.45 bits per heavy atom. The van der Waals surface area contributed by atoms with Gasteiger partial charge in [0, 0.05) is 17.1 Å². The number of hydrogen-bond acceptors (Lipinski definition) is 2. The number of rotatable bonds is 7. The van der Waals surface area contributed by atoms with Crippen molar-refractivity contribution >= 4 is 15.9 Å². The third-order valence-corrected chi connectivity index (χ3v) is 4.23. The van der Waals surface area contributed by atoms with E-state index in [9.17, 15) is 0 Å². The second kappa shape index (κ2) is 8.16. The van der Waals surface area contributed by atoms with Crippen LogP contribution in [0.3, 0.4) is 0 Å². The maximum Gasteiger partial charge on any atom is 0.0546 e. The molecule has 0 aliphatic carbocycles. The zero-order valence-corrected chi connectivity index (χ0v) is 15.0. The Morgan fingerprint density at radius 2 is 1.90 bits per heavy atom. The van der Waals surface area contributed by atoms with Gasteiger partial charge in [-0.25, -0.2) is 0 Å². The van der Waals surface area contributed by atoms with E-state index in [0.29, 0.717) is 12.0 Å². The van der Waals surface area contributed by atoms with Crippen molar-refractivity contribution in [1.29, 1.82) is 0 Å². The summed E-state index contributed by atoms with van der Waals surface area (Å²) in [5.41, 5.74) is 1.53. The van der Waals surface area contributed by atoms with Crippen molar-refractivity contribution in [3.05, 3.63) is 34.3 Å². The lowest BCUT2D eigenvalue weighted by atomic mass is 9.93. The van der Waals surface area contributed by atoms with Gasteiger partial charge in [0.25, 0.3) is 0 Å². The Morgan fingerprint density at radius 1 is 1.25 bits per heavy atom. The van der Waals surface area contributed by atoms with Crippen LogP contribution < -0.4 is 5.32 Å². The molecule has 0 heterocycles. The number of ether oxygens (including phenoxy) is 1. The number of halogens is 1. The minimum Gasteiger partial charge on any atom is -0.382 e. The Balaban J connectivity index is 2.69. The van der Waals surface area contributed by atoms with Gasteiger partial charge in [0.1, 0.15) is 0 Å². The molecule has 2 unspecified atom stereocenters. The van der Waals surface area contributed by atoms with Crippen molar-refractivity contribution in [2.75, 3.05) is 13.7 Å². The van der Waals surface area contributed by atoms with Crippen LogP contribution >= 0.6 is 15.9 Å². The minimum atomic E-state index is 0.155. The predicted molar refractivity (Wildman–Crippen MR) is 90.2 cm³/mol. The van der Waals surface area contributed by atoms with Crippen molar-refractivity contribution in [3.63, 3.8) is 0 Å². The van der Waals surface area contributed by atoms with E-state index in [1.807, 2.05) is 0 Å². The van der Waals surface area contributed by atoms with E-state index in [1.54, 1.807) is 7.11 Å². The Kier molecular flexibility index (Phi) is 7.21. The predicted octanol–water partition coefficient (Wildman–Crippen LogP) is 4.42. The van der Waals surface area contributed by atoms with E-state index in [-0.39, 0.29) is 5.54 Å². The van der Waals surface area contributed by atoms with Crippen LogP contribution in [0.1, 0.15) is 39.7 Å². The first-order valence-electron chi connectivity index (χ1n) is 7.33. The highest BCUT2D eigenvalue weighted by atomic mass is 79.9. The smallest absolute Gasteiger partial charge is 0.0546 e. The molecule has 0 amide bonds. The molecule has 0 saturated carbocycles. The molecule has 1 rings (SSSR count). The van der Waals surface area contributed by atoms with Crippen LogP contribution in [0.15, 0.2) is 28.7 Å². The molecule has 0 spiro atoms. The van der Waals surface area contributed by atoms with Gasteiger partial charge >= 0.3 is 0 Å². The lowest BCUT2D eigenvalue weighted by Gasteiger charge is -2.27. The van der Waals surface area contributed by atoms with Gasteiger partial charge < -0.3 is 10.1 Å². The molecule has 20 heavy (non-hydrogen) atoms. The van der Waals surface area contributed by atoms with Gasteiger partial charge in [0.15, 0.2) is 0 Å². The van der Waals surface area contributed by atoms with Crippen molar-refractivity contribution in [2.24, 2.45) is 5.92 Å². The first kappa shape index (κ1) is 17.7. The monoisotopic (exact) mass is 341 g/mol. The largest absolute Gasteiger partial charge is 0.382 e. The lowest BCUT2D eigenvalue weighted by Crippen LogP contribution is -2.40. The molecular weight excluding hydrogens is 314 g/mol. The Hall–Kier alpha value is -0.380.